The molecule has 0 unspecified atom stereocenters. The van der Waals surface area contributed by atoms with Gasteiger partial charge in [-0.1, -0.05) is 13.8 Å². The van der Waals surface area contributed by atoms with E-state index in [4.69, 9.17) is 4.98 Å². The normalized spacial score (nSPS) is 23.9. The van der Waals surface area contributed by atoms with Crippen LogP contribution in [0.15, 0.2) is 12.3 Å². The summed E-state index contributed by atoms with van der Waals surface area (Å²) < 4.78 is 25.0. The van der Waals surface area contributed by atoms with Crippen LogP contribution in [-0.2, 0) is 15.6 Å². The topological polar surface area (TPSA) is 95.5 Å². The second kappa shape index (κ2) is 8.02. The molecule has 2 aromatic rings. The number of nitrogens with zero attached hydrogens (tertiary/aromatic N) is 4. The Labute approximate surface area is 199 Å². The van der Waals surface area contributed by atoms with Crippen molar-refractivity contribution < 1.29 is 13.2 Å². The molecule has 1 atom stereocenters. The molecule has 0 aliphatic carbocycles. The Hall–Kier alpha value is -2.04. The van der Waals surface area contributed by atoms with E-state index in [2.05, 4.69) is 29.0 Å². The molecular weight excluding hydrogens is 458 g/mol. The minimum absolute atomic E-state index is 0.129. The van der Waals surface area contributed by atoms with E-state index in [0.717, 1.165) is 41.1 Å². The largest absolute Gasteiger partial charge is 0.351 e. The van der Waals surface area contributed by atoms with Gasteiger partial charge in [0, 0.05) is 36.8 Å². The van der Waals surface area contributed by atoms with Crippen molar-refractivity contribution in [3.05, 3.63) is 28.3 Å². The maximum atomic E-state index is 13.2. The number of aryl methyl sites for hydroxylation is 1. The fourth-order valence-electron chi connectivity index (χ4n) is 5.63. The van der Waals surface area contributed by atoms with Crippen LogP contribution in [-0.4, -0.2) is 65.4 Å². The Kier molecular flexibility index (Phi) is 5.53. The number of fused-ring (bicyclic) bond motifs is 3. The number of sulfonamides is 1. The van der Waals surface area contributed by atoms with Crippen LogP contribution in [0.1, 0.15) is 60.3 Å². The number of aromatic nitrogens is 2. The molecule has 0 spiro atoms. The van der Waals surface area contributed by atoms with E-state index >= 15 is 0 Å². The average Bonchev–Trinajstić information content (AvgIpc) is 3.43. The molecule has 2 saturated heterocycles. The molecule has 5 heterocycles. The van der Waals surface area contributed by atoms with Crippen LogP contribution in [0.3, 0.4) is 0 Å². The van der Waals surface area contributed by atoms with Gasteiger partial charge in [0.1, 0.15) is 0 Å². The highest BCUT2D eigenvalue weighted by atomic mass is 32.2. The van der Waals surface area contributed by atoms with Gasteiger partial charge < -0.3 is 10.2 Å². The molecule has 2 fully saturated rings. The quantitative estimate of drug-likeness (QED) is 0.691. The van der Waals surface area contributed by atoms with Crippen LogP contribution >= 0.6 is 11.3 Å². The lowest BCUT2D eigenvalue weighted by atomic mass is 9.83. The highest BCUT2D eigenvalue weighted by Crippen LogP contribution is 2.55. The SMILES string of the molecule is Cc1cnc(NC2CCN(S(C)(=O)=O)CC2)nc1-c1cc2c(s1)[C@]1(C(C)C)CCCN1C2=O. The summed E-state index contributed by atoms with van der Waals surface area (Å²) in [6, 6.07) is 2.15. The van der Waals surface area contributed by atoms with Gasteiger partial charge in [-0.05, 0) is 50.2 Å². The van der Waals surface area contributed by atoms with Gasteiger partial charge in [0.15, 0.2) is 0 Å². The number of hydrogen-bond donors (Lipinski definition) is 1. The van der Waals surface area contributed by atoms with Crippen molar-refractivity contribution in [1.82, 2.24) is 19.2 Å². The van der Waals surface area contributed by atoms with Crippen molar-refractivity contribution in [2.75, 3.05) is 31.2 Å². The summed E-state index contributed by atoms with van der Waals surface area (Å²) in [7, 11) is -3.15. The van der Waals surface area contributed by atoms with Gasteiger partial charge in [-0.2, -0.15) is 0 Å². The first-order valence-corrected chi connectivity index (χ1v) is 14.3. The molecular formula is C23H31N5O3S2. The number of nitrogens with one attached hydrogen (secondary N) is 1. The van der Waals surface area contributed by atoms with E-state index in [1.807, 2.05) is 19.2 Å². The van der Waals surface area contributed by atoms with Crippen molar-refractivity contribution in [1.29, 1.82) is 0 Å². The second-order valence-corrected chi connectivity index (χ2v) is 12.8. The van der Waals surface area contributed by atoms with Gasteiger partial charge in [-0.15, -0.1) is 11.3 Å². The second-order valence-electron chi connectivity index (χ2n) is 9.80. The number of anilines is 1. The summed E-state index contributed by atoms with van der Waals surface area (Å²) in [6.45, 7) is 8.27. The third-order valence-corrected chi connectivity index (χ3v) is 10.1. The molecule has 1 amide bonds. The monoisotopic (exact) mass is 489 g/mol. The minimum atomic E-state index is -3.15. The lowest BCUT2D eigenvalue weighted by Crippen LogP contribution is -2.42. The number of amides is 1. The van der Waals surface area contributed by atoms with Crippen LogP contribution in [0.25, 0.3) is 10.6 Å². The molecule has 3 aliphatic heterocycles. The Morgan fingerprint density at radius 1 is 1.24 bits per heavy atom. The van der Waals surface area contributed by atoms with E-state index in [1.54, 1.807) is 11.3 Å². The number of carbonyl (C=O) groups is 1. The predicted molar refractivity (Wildman–Crippen MR) is 130 cm³/mol. The number of rotatable bonds is 5. The van der Waals surface area contributed by atoms with Crippen molar-refractivity contribution >= 4 is 33.2 Å². The summed E-state index contributed by atoms with van der Waals surface area (Å²) in [5.41, 5.74) is 2.49. The van der Waals surface area contributed by atoms with E-state index in [1.165, 1.54) is 15.4 Å². The van der Waals surface area contributed by atoms with Gasteiger partial charge in [-0.25, -0.2) is 22.7 Å². The zero-order valence-electron chi connectivity index (χ0n) is 19.6. The summed E-state index contributed by atoms with van der Waals surface area (Å²) >= 11 is 1.70. The Morgan fingerprint density at radius 3 is 2.64 bits per heavy atom. The van der Waals surface area contributed by atoms with Crippen molar-refractivity contribution in [3.63, 3.8) is 0 Å². The molecule has 2 aromatic heterocycles. The number of thiophene rings is 1. The van der Waals surface area contributed by atoms with Crippen molar-refractivity contribution in [2.24, 2.45) is 5.92 Å². The maximum Gasteiger partial charge on any atom is 0.255 e. The van der Waals surface area contributed by atoms with E-state index in [-0.39, 0.29) is 17.5 Å². The van der Waals surface area contributed by atoms with Gasteiger partial charge in [0.2, 0.25) is 16.0 Å². The highest BCUT2D eigenvalue weighted by Gasteiger charge is 2.55. The van der Waals surface area contributed by atoms with E-state index in [9.17, 15) is 13.2 Å². The predicted octanol–water partition coefficient (Wildman–Crippen LogP) is 3.45. The third kappa shape index (κ3) is 3.66. The van der Waals surface area contributed by atoms with Crippen LogP contribution in [0.2, 0.25) is 0 Å². The van der Waals surface area contributed by atoms with E-state index in [0.29, 0.717) is 37.8 Å². The zero-order chi connectivity index (χ0) is 23.5. The molecule has 3 aliphatic rings. The molecule has 0 aromatic carbocycles. The van der Waals surface area contributed by atoms with Crippen LogP contribution in [0.4, 0.5) is 5.95 Å². The molecule has 0 bridgehead atoms. The maximum absolute atomic E-state index is 13.2. The number of hydrogen-bond acceptors (Lipinski definition) is 7. The summed E-state index contributed by atoms with van der Waals surface area (Å²) in [4.78, 5) is 26.8. The Balaban J connectivity index is 1.40. The van der Waals surface area contributed by atoms with Crippen LogP contribution < -0.4 is 5.32 Å². The Morgan fingerprint density at radius 2 is 1.97 bits per heavy atom. The van der Waals surface area contributed by atoms with Gasteiger partial charge in [0.05, 0.1) is 27.9 Å². The summed E-state index contributed by atoms with van der Waals surface area (Å²) in [6.07, 6.45) is 6.58. The first-order valence-electron chi connectivity index (χ1n) is 11.6. The lowest BCUT2D eigenvalue weighted by Gasteiger charge is -2.36. The van der Waals surface area contributed by atoms with E-state index < -0.39 is 10.0 Å². The molecule has 0 radical (unpaired) electrons. The molecule has 10 heteroatoms. The minimum Gasteiger partial charge on any atom is -0.351 e. The molecule has 8 nitrogen and oxygen atoms in total. The Bertz CT molecular complexity index is 1200. The average molecular weight is 490 g/mol. The summed E-state index contributed by atoms with van der Waals surface area (Å²) in [5.74, 6) is 1.06. The fourth-order valence-corrected chi connectivity index (χ4v) is 8.09. The molecule has 5 rings (SSSR count). The van der Waals surface area contributed by atoms with Crippen molar-refractivity contribution in [3.8, 4) is 10.6 Å². The standard InChI is InChI=1S/C23H31N5O3S2/c1-14(2)23-8-5-9-28(23)21(29)17-12-18(32-20(17)23)19-15(3)13-24-22(26-19)25-16-6-10-27(11-7-16)33(4,30)31/h12-14,16H,5-11H2,1-4H3,(H,24,25,26)/t23-/m1/s1. The zero-order valence-corrected chi connectivity index (χ0v) is 21.2. The molecule has 0 saturated carbocycles. The summed E-state index contributed by atoms with van der Waals surface area (Å²) in [5, 5.41) is 3.40. The third-order valence-electron chi connectivity index (χ3n) is 7.44. The first kappa shape index (κ1) is 22.7. The number of carbonyl (C=O) groups excluding carboxylic acids is 1. The van der Waals surface area contributed by atoms with Gasteiger partial charge >= 0.3 is 0 Å². The fraction of sp³-hybridized carbons (Fsp3) is 0.609. The van der Waals surface area contributed by atoms with Crippen LogP contribution in [0.5, 0.6) is 0 Å². The molecule has 1 N–H and O–H groups in total. The van der Waals surface area contributed by atoms with Gasteiger partial charge in [0.25, 0.3) is 5.91 Å². The highest BCUT2D eigenvalue weighted by molar-refractivity contribution is 7.88. The van der Waals surface area contributed by atoms with Crippen LogP contribution in [0, 0.1) is 12.8 Å². The smallest absolute Gasteiger partial charge is 0.255 e. The first-order chi connectivity index (χ1) is 15.6. The molecule has 178 valence electrons. The van der Waals surface area contributed by atoms with Crippen molar-refractivity contribution in [2.45, 2.75) is 58.0 Å². The number of piperidine rings is 1. The van der Waals surface area contributed by atoms with Gasteiger partial charge in [-0.3, -0.25) is 4.79 Å². The molecule has 33 heavy (non-hydrogen) atoms. The lowest BCUT2D eigenvalue weighted by molar-refractivity contribution is 0.0567.